The quantitative estimate of drug-likeness (QED) is 0.887. The first-order valence-electron chi connectivity index (χ1n) is 7.17. The topological polar surface area (TPSA) is 29.5 Å². The molecule has 1 N–H and O–H groups in total. The van der Waals surface area contributed by atoms with Crippen molar-refractivity contribution in [2.75, 3.05) is 0 Å². The van der Waals surface area contributed by atoms with E-state index in [2.05, 4.69) is 31.2 Å². The Hall–Kier alpha value is -0.860. The van der Waals surface area contributed by atoms with Crippen LogP contribution in [0, 0.1) is 0 Å². The molecule has 0 amide bonds. The van der Waals surface area contributed by atoms with E-state index in [1.807, 2.05) is 0 Å². The zero-order valence-electron chi connectivity index (χ0n) is 11.1. The van der Waals surface area contributed by atoms with Crippen LogP contribution in [0.2, 0.25) is 0 Å². The standard InChI is InChI=1S/C16H22O2/c1-2-3-12-4-6-13(7-5-12)16(17)10-14-8-9-15(11-16)18-14/h4-7,14-15,17H,2-3,8-11H2,1H3. The van der Waals surface area contributed by atoms with Gasteiger partial charge in [-0.25, -0.2) is 0 Å². The van der Waals surface area contributed by atoms with E-state index in [1.54, 1.807) is 0 Å². The molecule has 2 aliphatic rings. The summed E-state index contributed by atoms with van der Waals surface area (Å²) in [6.45, 7) is 2.19. The van der Waals surface area contributed by atoms with Crippen molar-refractivity contribution in [3.63, 3.8) is 0 Å². The number of fused-ring (bicyclic) bond motifs is 2. The maximum atomic E-state index is 10.9. The molecule has 2 heterocycles. The molecule has 2 saturated heterocycles. The molecule has 0 aromatic heterocycles. The molecule has 0 radical (unpaired) electrons. The Bertz CT molecular complexity index is 398. The molecule has 98 valence electrons. The maximum absolute atomic E-state index is 10.9. The van der Waals surface area contributed by atoms with Gasteiger partial charge in [0.05, 0.1) is 17.8 Å². The minimum absolute atomic E-state index is 0.268. The average Bonchev–Trinajstić information content (AvgIpc) is 2.70. The van der Waals surface area contributed by atoms with Gasteiger partial charge in [-0.3, -0.25) is 0 Å². The molecule has 2 atom stereocenters. The third-order valence-corrected chi connectivity index (χ3v) is 4.36. The number of aliphatic hydroxyl groups is 1. The van der Waals surface area contributed by atoms with Crippen LogP contribution in [0.5, 0.6) is 0 Å². The lowest BCUT2D eigenvalue weighted by molar-refractivity contribution is -0.115. The molecule has 2 aliphatic heterocycles. The predicted molar refractivity (Wildman–Crippen MR) is 71.5 cm³/mol. The fraction of sp³-hybridized carbons (Fsp3) is 0.625. The van der Waals surface area contributed by atoms with Gasteiger partial charge in [0.2, 0.25) is 0 Å². The fourth-order valence-electron chi connectivity index (χ4n) is 3.42. The van der Waals surface area contributed by atoms with Gasteiger partial charge in [0.25, 0.3) is 0 Å². The van der Waals surface area contributed by atoms with Gasteiger partial charge in [0, 0.05) is 12.8 Å². The smallest absolute Gasteiger partial charge is 0.0945 e. The number of rotatable bonds is 3. The van der Waals surface area contributed by atoms with Crippen molar-refractivity contribution in [3.05, 3.63) is 35.4 Å². The van der Waals surface area contributed by atoms with E-state index >= 15 is 0 Å². The van der Waals surface area contributed by atoms with Gasteiger partial charge in [-0.15, -0.1) is 0 Å². The van der Waals surface area contributed by atoms with Crippen molar-refractivity contribution >= 4 is 0 Å². The number of ether oxygens (including phenoxy) is 1. The highest BCUT2D eigenvalue weighted by atomic mass is 16.5. The first-order valence-corrected chi connectivity index (χ1v) is 7.17. The number of benzene rings is 1. The van der Waals surface area contributed by atoms with Gasteiger partial charge in [0.15, 0.2) is 0 Å². The molecule has 1 aromatic carbocycles. The lowest BCUT2D eigenvalue weighted by Gasteiger charge is -2.37. The summed E-state index contributed by atoms with van der Waals surface area (Å²) in [7, 11) is 0. The van der Waals surface area contributed by atoms with Crippen LogP contribution in [0.15, 0.2) is 24.3 Å². The minimum Gasteiger partial charge on any atom is -0.385 e. The average molecular weight is 246 g/mol. The van der Waals surface area contributed by atoms with Gasteiger partial charge >= 0.3 is 0 Å². The second kappa shape index (κ2) is 4.67. The Morgan fingerprint density at radius 1 is 1.17 bits per heavy atom. The van der Waals surface area contributed by atoms with E-state index in [0.29, 0.717) is 0 Å². The molecule has 0 aliphatic carbocycles. The maximum Gasteiger partial charge on any atom is 0.0945 e. The Labute approximate surface area is 109 Å². The van der Waals surface area contributed by atoms with Crippen molar-refractivity contribution in [3.8, 4) is 0 Å². The van der Waals surface area contributed by atoms with E-state index in [9.17, 15) is 5.11 Å². The first kappa shape index (κ1) is 12.2. The highest BCUT2D eigenvalue weighted by Crippen LogP contribution is 2.43. The van der Waals surface area contributed by atoms with E-state index in [4.69, 9.17) is 4.74 Å². The summed E-state index contributed by atoms with van der Waals surface area (Å²) in [5, 5.41) is 10.9. The lowest BCUT2D eigenvalue weighted by Crippen LogP contribution is -2.38. The van der Waals surface area contributed by atoms with Crippen molar-refractivity contribution in [1.29, 1.82) is 0 Å². The van der Waals surface area contributed by atoms with Gasteiger partial charge in [0.1, 0.15) is 0 Å². The molecular weight excluding hydrogens is 224 g/mol. The normalized spacial score (nSPS) is 34.8. The second-order valence-electron chi connectivity index (χ2n) is 5.84. The molecule has 18 heavy (non-hydrogen) atoms. The summed E-state index contributed by atoms with van der Waals surface area (Å²) >= 11 is 0. The Morgan fingerprint density at radius 3 is 2.33 bits per heavy atom. The van der Waals surface area contributed by atoms with Gasteiger partial charge in [-0.2, -0.15) is 0 Å². The van der Waals surface area contributed by atoms with Crippen molar-refractivity contribution < 1.29 is 9.84 Å². The van der Waals surface area contributed by atoms with Gasteiger partial charge in [-0.1, -0.05) is 37.6 Å². The van der Waals surface area contributed by atoms with E-state index in [-0.39, 0.29) is 12.2 Å². The summed E-state index contributed by atoms with van der Waals surface area (Å²) in [4.78, 5) is 0. The Morgan fingerprint density at radius 2 is 1.78 bits per heavy atom. The molecule has 2 nitrogen and oxygen atoms in total. The number of aryl methyl sites for hydroxylation is 1. The SMILES string of the molecule is CCCc1ccc(C2(O)CC3CCC(C2)O3)cc1. The second-order valence-corrected chi connectivity index (χ2v) is 5.84. The summed E-state index contributed by atoms with van der Waals surface area (Å²) in [6, 6.07) is 8.54. The largest absolute Gasteiger partial charge is 0.385 e. The highest BCUT2D eigenvalue weighted by molar-refractivity contribution is 5.28. The number of hydrogen-bond acceptors (Lipinski definition) is 2. The van der Waals surface area contributed by atoms with Crippen molar-refractivity contribution in [2.24, 2.45) is 0 Å². The van der Waals surface area contributed by atoms with Crippen molar-refractivity contribution in [2.45, 2.75) is 63.3 Å². The lowest BCUT2D eigenvalue weighted by atomic mass is 9.83. The molecule has 1 aromatic rings. The van der Waals surface area contributed by atoms with Crippen LogP contribution in [0.4, 0.5) is 0 Å². The molecule has 0 spiro atoms. The summed E-state index contributed by atoms with van der Waals surface area (Å²) in [6.07, 6.45) is 6.57. The van der Waals surface area contributed by atoms with Gasteiger partial charge in [-0.05, 0) is 30.4 Å². The molecule has 2 bridgehead atoms. The highest BCUT2D eigenvalue weighted by Gasteiger charge is 2.44. The van der Waals surface area contributed by atoms with Crippen LogP contribution < -0.4 is 0 Å². The van der Waals surface area contributed by atoms with Gasteiger partial charge < -0.3 is 9.84 Å². The predicted octanol–water partition coefficient (Wildman–Crippen LogP) is 3.17. The monoisotopic (exact) mass is 246 g/mol. The Balaban J connectivity index is 1.80. The summed E-state index contributed by atoms with van der Waals surface area (Å²) < 4.78 is 5.82. The van der Waals surface area contributed by atoms with E-state index < -0.39 is 5.60 Å². The molecule has 2 heteroatoms. The first-order chi connectivity index (χ1) is 8.69. The van der Waals surface area contributed by atoms with E-state index in [0.717, 1.165) is 37.7 Å². The van der Waals surface area contributed by atoms with Crippen LogP contribution >= 0.6 is 0 Å². The summed E-state index contributed by atoms with van der Waals surface area (Å²) in [5.41, 5.74) is 1.77. The van der Waals surface area contributed by atoms with Crippen LogP contribution in [0.3, 0.4) is 0 Å². The summed E-state index contributed by atoms with van der Waals surface area (Å²) in [5.74, 6) is 0. The van der Waals surface area contributed by atoms with Crippen LogP contribution in [-0.2, 0) is 16.8 Å². The molecular formula is C16H22O2. The minimum atomic E-state index is -0.658. The Kier molecular flexibility index (Phi) is 3.16. The zero-order chi connectivity index (χ0) is 12.6. The zero-order valence-corrected chi connectivity index (χ0v) is 11.1. The number of hydrogen-bond donors (Lipinski definition) is 1. The van der Waals surface area contributed by atoms with Crippen molar-refractivity contribution in [1.82, 2.24) is 0 Å². The van der Waals surface area contributed by atoms with Crippen LogP contribution in [0.1, 0.15) is 50.2 Å². The fourth-order valence-corrected chi connectivity index (χ4v) is 3.42. The third-order valence-electron chi connectivity index (χ3n) is 4.36. The molecule has 2 unspecified atom stereocenters. The van der Waals surface area contributed by atoms with Crippen LogP contribution in [-0.4, -0.2) is 17.3 Å². The van der Waals surface area contributed by atoms with Crippen LogP contribution in [0.25, 0.3) is 0 Å². The van der Waals surface area contributed by atoms with E-state index in [1.165, 1.54) is 12.0 Å². The molecule has 2 fully saturated rings. The molecule has 3 rings (SSSR count). The third kappa shape index (κ3) is 2.19. The molecule has 0 saturated carbocycles.